The van der Waals surface area contributed by atoms with Gasteiger partial charge >= 0.3 is 5.97 Å². The van der Waals surface area contributed by atoms with Gasteiger partial charge in [0.1, 0.15) is 5.75 Å². The van der Waals surface area contributed by atoms with Crippen molar-refractivity contribution >= 4 is 5.97 Å². The highest BCUT2D eigenvalue weighted by Crippen LogP contribution is 2.24. The number of hydrogen-bond donors (Lipinski definition) is 1. The lowest BCUT2D eigenvalue weighted by molar-refractivity contribution is 0.0601. The van der Waals surface area contributed by atoms with Gasteiger partial charge in [-0.3, -0.25) is 0 Å². The average molecular weight is 228 g/mol. The van der Waals surface area contributed by atoms with Gasteiger partial charge in [-0.2, -0.15) is 0 Å². The Morgan fingerprint density at radius 2 is 1.71 bits per heavy atom. The van der Waals surface area contributed by atoms with Crippen molar-refractivity contribution < 1.29 is 14.6 Å². The highest BCUT2D eigenvalue weighted by Gasteiger charge is 2.06. The molecule has 2 aromatic carbocycles. The molecular weight excluding hydrogens is 216 g/mol. The lowest BCUT2D eigenvalue weighted by Crippen LogP contribution is -2.00. The first-order valence-electron chi connectivity index (χ1n) is 5.18. The summed E-state index contributed by atoms with van der Waals surface area (Å²) in [5, 5.41) is 9.41. The molecule has 0 atom stereocenters. The molecule has 0 amide bonds. The molecule has 0 aromatic heterocycles. The number of carbonyl (C=O) groups excluding carboxylic acids is 1. The van der Waals surface area contributed by atoms with E-state index in [2.05, 4.69) is 4.74 Å². The zero-order chi connectivity index (χ0) is 12.3. The summed E-state index contributed by atoms with van der Waals surface area (Å²) < 4.78 is 4.66. The Balaban J connectivity index is 2.43. The molecule has 0 unspecified atom stereocenters. The molecular formula is C14H12O3. The van der Waals surface area contributed by atoms with E-state index in [1.165, 1.54) is 7.11 Å². The van der Waals surface area contributed by atoms with Crippen LogP contribution >= 0.6 is 0 Å². The van der Waals surface area contributed by atoms with Gasteiger partial charge in [0.05, 0.1) is 12.7 Å². The van der Waals surface area contributed by atoms with Gasteiger partial charge in [-0.05, 0) is 35.4 Å². The second kappa shape index (κ2) is 4.70. The molecule has 0 saturated carbocycles. The molecule has 2 rings (SSSR count). The summed E-state index contributed by atoms with van der Waals surface area (Å²) in [6.07, 6.45) is 0. The number of phenolic OH excluding ortho intramolecular Hbond substituents is 1. The zero-order valence-corrected chi connectivity index (χ0v) is 9.38. The summed E-state index contributed by atoms with van der Waals surface area (Å²) in [6, 6.07) is 14.0. The Labute approximate surface area is 99.3 Å². The highest BCUT2D eigenvalue weighted by molar-refractivity contribution is 5.91. The van der Waals surface area contributed by atoms with Crippen molar-refractivity contribution in [2.24, 2.45) is 0 Å². The lowest BCUT2D eigenvalue weighted by Gasteiger charge is -2.04. The summed E-state index contributed by atoms with van der Waals surface area (Å²) >= 11 is 0. The summed E-state index contributed by atoms with van der Waals surface area (Å²) in [7, 11) is 1.35. The smallest absolute Gasteiger partial charge is 0.337 e. The molecule has 0 saturated heterocycles. The van der Waals surface area contributed by atoms with Crippen molar-refractivity contribution in [3.05, 3.63) is 54.1 Å². The molecule has 0 spiro atoms. The third kappa shape index (κ3) is 2.45. The van der Waals surface area contributed by atoms with Crippen molar-refractivity contribution in [3.63, 3.8) is 0 Å². The topological polar surface area (TPSA) is 46.5 Å². The van der Waals surface area contributed by atoms with Crippen molar-refractivity contribution in [1.82, 2.24) is 0 Å². The molecule has 0 bridgehead atoms. The van der Waals surface area contributed by atoms with Crippen LogP contribution in [0.15, 0.2) is 48.5 Å². The van der Waals surface area contributed by atoms with E-state index in [9.17, 15) is 9.90 Å². The van der Waals surface area contributed by atoms with Gasteiger partial charge in [-0.1, -0.05) is 24.3 Å². The van der Waals surface area contributed by atoms with Gasteiger partial charge in [0.25, 0.3) is 0 Å². The van der Waals surface area contributed by atoms with E-state index in [1.54, 1.807) is 36.4 Å². The molecule has 0 fully saturated rings. The summed E-state index contributed by atoms with van der Waals surface area (Å²) in [4.78, 5) is 11.4. The molecule has 3 nitrogen and oxygen atoms in total. The molecule has 0 radical (unpaired) electrons. The number of benzene rings is 2. The molecule has 0 aliphatic heterocycles. The normalized spacial score (nSPS) is 9.94. The SMILES string of the molecule is COC(=O)c1cccc(-c2cccc(O)c2)c1. The Hall–Kier alpha value is -2.29. The first kappa shape index (κ1) is 11.2. The van der Waals surface area contributed by atoms with Gasteiger partial charge in [0.15, 0.2) is 0 Å². The quantitative estimate of drug-likeness (QED) is 0.804. The van der Waals surface area contributed by atoms with Crippen LogP contribution in [0.1, 0.15) is 10.4 Å². The monoisotopic (exact) mass is 228 g/mol. The molecule has 17 heavy (non-hydrogen) atoms. The number of ether oxygens (including phenoxy) is 1. The van der Waals surface area contributed by atoms with E-state index >= 15 is 0 Å². The van der Waals surface area contributed by atoms with Crippen LogP contribution in [0.3, 0.4) is 0 Å². The van der Waals surface area contributed by atoms with Crippen molar-refractivity contribution in [3.8, 4) is 16.9 Å². The van der Waals surface area contributed by atoms with Crippen LogP contribution in [0.25, 0.3) is 11.1 Å². The molecule has 2 aromatic rings. The minimum Gasteiger partial charge on any atom is -0.508 e. The second-order valence-electron chi connectivity index (χ2n) is 3.62. The van der Waals surface area contributed by atoms with Gasteiger partial charge in [0, 0.05) is 0 Å². The first-order valence-corrected chi connectivity index (χ1v) is 5.18. The highest BCUT2D eigenvalue weighted by atomic mass is 16.5. The largest absolute Gasteiger partial charge is 0.508 e. The van der Waals surface area contributed by atoms with Gasteiger partial charge in [-0.15, -0.1) is 0 Å². The van der Waals surface area contributed by atoms with E-state index < -0.39 is 0 Å². The van der Waals surface area contributed by atoms with Gasteiger partial charge in [0.2, 0.25) is 0 Å². The summed E-state index contributed by atoms with van der Waals surface area (Å²) in [6.45, 7) is 0. The van der Waals surface area contributed by atoms with Gasteiger partial charge < -0.3 is 9.84 Å². The minimum atomic E-state index is -0.369. The zero-order valence-electron chi connectivity index (χ0n) is 9.38. The summed E-state index contributed by atoms with van der Waals surface area (Å²) in [5.74, 6) is -0.169. The number of esters is 1. The van der Waals surface area contributed by atoms with Gasteiger partial charge in [-0.25, -0.2) is 4.79 Å². The maximum atomic E-state index is 11.4. The fraction of sp³-hybridized carbons (Fsp3) is 0.0714. The van der Waals surface area contributed by atoms with E-state index in [0.29, 0.717) is 5.56 Å². The number of methoxy groups -OCH3 is 1. The lowest BCUT2D eigenvalue weighted by atomic mass is 10.0. The number of rotatable bonds is 2. The molecule has 0 aliphatic carbocycles. The maximum absolute atomic E-state index is 11.4. The van der Waals surface area contributed by atoms with Crippen molar-refractivity contribution in [2.45, 2.75) is 0 Å². The number of aromatic hydroxyl groups is 1. The molecule has 1 N–H and O–H groups in total. The van der Waals surface area contributed by atoms with E-state index in [-0.39, 0.29) is 11.7 Å². The minimum absolute atomic E-state index is 0.200. The van der Waals surface area contributed by atoms with Crippen molar-refractivity contribution in [2.75, 3.05) is 7.11 Å². The fourth-order valence-corrected chi connectivity index (χ4v) is 1.63. The predicted molar refractivity (Wildman–Crippen MR) is 64.9 cm³/mol. The fourth-order valence-electron chi connectivity index (χ4n) is 1.63. The van der Waals surface area contributed by atoms with Crippen LogP contribution < -0.4 is 0 Å². The predicted octanol–water partition coefficient (Wildman–Crippen LogP) is 2.85. The Morgan fingerprint density at radius 1 is 1.06 bits per heavy atom. The third-order valence-corrected chi connectivity index (χ3v) is 2.46. The third-order valence-electron chi connectivity index (χ3n) is 2.46. The second-order valence-corrected chi connectivity index (χ2v) is 3.62. The van der Waals surface area contributed by atoms with Crippen molar-refractivity contribution in [1.29, 1.82) is 0 Å². The van der Waals surface area contributed by atoms with E-state index in [0.717, 1.165) is 11.1 Å². The molecule has 86 valence electrons. The summed E-state index contributed by atoms with van der Waals surface area (Å²) in [5.41, 5.74) is 2.22. The van der Waals surface area contributed by atoms with Crippen LogP contribution in [0.5, 0.6) is 5.75 Å². The van der Waals surface area contributed by atoms with E-state index in [4.69, 9.17) is 0 Å². The molecule has 0 aliphatic rings. The Morgan fingerprint density at radius 3 is 2.35 bits per heavy atom. The van der Waals surface area contributed by atoms with Crippen LogP contribution in [0, 0.1) is 0 Å². The number of carbonyl (C=O) groups is 1. The number of phenols is 1. The average Bonchev–Trinajstić information content (AvgIpc) is 2.38. The van der Waals surface area contributed by atoms with Crippen LogP contribution in [-0.4, -0.2) is 18.2 Å². The molecule has 3 heteroatoms. The number of hydrogen-bond acceptors (Lipinski definition) is 3. The molecule has 0 heterocycles. The Kier molecular flexibility index (Phi) is 3.10. The van der Waals surface area contributed by atoms with Crippen LogP contribution in [0.2, 0.25) is 0 Å². The standard InChI is InChI=1S/C14H12O3/c1-17-14(16)12-6-2-4-10(8-12)11-5-3-7-13(15)9-11/h2-9,15H,1H3. The first-order chi connectivity index (χ1) is 8.20. The van der Waals surface area contributed by atoms with E-state index in [1.807, 2.05) is 12.1 Å². The Bertz CT molecular complexity index is 547. The van der Waals surface area contributed by atoms with Crippen LogP contribution in [-0.2, 0) is 4.74 Å². The maximum Gasteiger partial charge on any atom is 0.337 e. The van der Waals surface area contributed by atoms with Crippen LogP contribution in [0.4, 0.5) is 0 Å².